The van der Waals surface area contributed by atoms with Crippen molar-refractivity contribution in [3.05, 3.63) is 41.2 Å². The largest absolute Gasteiger partial charge is 0.478 e. The third-order valence-electron chi connectivity index (χ3n) is 2.36. The van der Waals surface area contributed by atoms with Crippen molar-refractivity contribution in [3.63, 3.8) is 0 Å². The van der Waals surface area contributed by atoms with Crippen molar-refractivity contribution in [1.29, 1.82) is 0 Å². The molecular formula is C13H12F4O3. The number of halogens is 4. The molecule has 3 nitrogen and oxygen atoms in total. The van der Waals surface area contributed by atoms with Crippen LogP contribution in [0.4, 0.5) is 17.6 Å². The van der Waals surface area contributed by atoms with Gasteiger partial charge in [0.25, 0.3) is 0 Å². The van der Waals surface area contributed by atoms with E-state index in [1.807, 2.05) is 0 Å². The van der Waals surface area contributed by atoms with E-state index in [0.717, 1.165) is 31.2 Å². The zero-order valence-corrected chi connectivity index (χ0v) is 10.4. The van der Waals surface area contributed by atoms with Crippen LogP contribution in [0.3, 0.4) is 0 Å². The zero-order chi connectivity index (χ0) is 15.3. The first-order chi connectivity index (χ1) is 9.18. The van der Waals surface area contributed by atoms with E-state index in [-0.39, 0.29) is 11.1 Å². The number of carbonyl (C=O) groups is 1. The van der Waals surface area contributed by atoms with E-state index in [1.165, 1.54) is 6.07 Å². The quantitative estimate of drug-likeness (QED) is 0.668. The molecule has 1 unspecified atom stereocenters. The van der Waals surface area contributed by atoms with Crippen LogP contribution < -0.4 is 0 Å². The maximum atomic E-state index is 13.3. The predicted molar refractivity (Wildman–Crippen MR) is 63.4 cm³/mol. The molecule has 110 valence electrons. The number of rotatable bonds is 5. The van der Waals surface area contributed by atoms with Crippen molar-refractivity contribution in [2.24, 2.45) is 0 Å². The zero-order valence-electron chi connectivity index (χ0n) is 10.4. The molecule has 20 heavy (non-hydrogen) atoms. The Balaban J connectivity index is 2.78. The van der Waals surface area contributed by atoms with Gasteiger partial charge in [0.2, 0.25) is 0 Å². The highest BCUT2D eigenvalue weighted by Crippen LogP contribution is 2.23. The van der Waals surface area contributed by atoms with Crippen molar-refractivity contribution in [1.82, 2.24) is 0 Å². The molecule has 7 heteroatoms. The first-order valence-corrected chi connectivity index (χ1v) is 5.57. The van der Waals surface area contributed by atoms with Crippen LogP contribution >= 0.6 is 0 Å². The Bertz CT molecular complexity index is 509. The molecule has 0 aliphatic carbocycles. The Morgan fingerprint density at radius 2 is 2.05 bits per heavy atom. The highest BCUT2D eigenvalue weighted by molar-refractivity contribution is 5.85. The molecule has 0 spiro atoms. The molecule has 0 fully saturated rings. The second-order valence-electron chi connectivity index (χ2n) is 4.06. The van der Waals surface area contributed by atoms with Crippen LogP contribution in [0, 0.1) is 5.82 Å². The monoisotopic (exact) mass is 292 g/mol. The van der Waals surface area contributed by atoms with Crippen LogP contribution in [-0.2, 0) is 16.1 Å². The van der Waals surface area contributed by atoms with Crippen LogP contribution in [-0.4, -0.2) is 23.4 Å². The van der Waals surface area contributed by atoms with Gasteiger partial charge < -0.3 is 9.84 Å². The van der Waals surface area contributed by atoms with E-state index < -0.39 is 30.7 Å². The van der Waals surface area contributed by atoms with Gasteiger partial charge in [-0.2, -0.15) is 13.2 Å². The van der Waals surface area contributed by atoms with Crippen molar-refractivity contribution in [2.45, 2.75) is 25.8 Å². The summed E-state index contributed by atoms with van der Waals surface area (Å²) in [5.41, 5.74) is 0.414. The molecule has 1 aromatic rings. The number of alkyl halides is 3. The van der Waals surface area contributed by atoms with E-state index in [0.29, 0.717) is 0 Å². The summed E-state index contributed by atoms with van der Waals surface area (Å²) < 4.78 is 54.6. The molecule has 0 aliphatic heterocycles. The molecule has 0 heterocycles. The molecule has 0 saturated heterocycles. The van der Waals surface area contributed by atoms with Gasteiger partial charge in [-0.1, -0.05) is 0 Å². The lowest BCUT2D eigenvalue weighted by molar-refractivity contribution is -0.217. The second-order valence-corrected chi connectivity index (χ2v) is 4.06. The number of ether oxygens (including phenoxy) is 1. The molecule has 1 aromatic carbocycles. The Morgan fingerprint density at radius 3 is 2.60 bits per heavy atom. The summed E-state index contributed by atoms with van der Waals surface area (Å²) >= 11 is 0. The average Bonchev–Trinajstić information content (AvgIpc) is 2.31. The van der Waals surface area contributed by atoms with Gasteiger partial charge in [-0.3, -0.25) is 0 Å². The smallest absolute Gasteiger partial charge is 0.414 e. The fourth-order valence-corrected chi connectivity index (χ4v) is 1.34. The van der Waals surface area contributed by atoms with Gasteiger partial charge in [0.05, 0.1) is 6.61 Å². The molecule has 0 radical (unpaired) electrons. The third kappa shape index (κ3) is 5.40. The number of carboxylic acid groups (broad SMARTS) is 1. The number of benzene rings is 1. The van der Waals surface area contributed by atoms with Crippen molar-refractivity contribution >= 4 is 12.0 Å². The standard InChI is InChI=1S/C13H12F4O3/c1-8(13(15,16)17)20-7-10-4-9(2-3-12(18)19)5-11(14)6-10/h2-6,8H,7H2,1H3,(H,18,19). The van der Waals surface area contributed by atoms with Gasteiger partial charge in [-0.15, -0.1) is 0 Å². The molecule has 0 bridgehead atoms. The molecule has 1 rings (SSSR count). The SMILES string of the molecule is CC(OCc1cc(F)cc(C=CC(=O)O)c1)C(F)(F)F. The van der Waals surface area contributed by atoms with E-state index >= 15 is 0 Å². The minimum Gasteiger partial charge on any atom is -0.478 e. The number of aliphatic carboxylic acids is 1. The van der Waals surface area contributed by atoms with Gasteiger partial charge in [0.1, 0.15) is 5.82 Å². The first-order valence-electron chi connectivity index (χ1n) is 5.57. The topological polar surface area (TPSA) is 46.5 Å². The minimum absolute atomic E-state index is 0.186. The van der Waals surface area contributed by atoms with Crippen LogP contribution in [0.1, 0.15) is 18.1 Å². The fraction of sp³-hybridized carbons (Fsp3) is 0.308. The number of hydrogen-bond acceptors (Lipinski definition) is 2. The molecule has 0 amide bonds. The summed E-state index contributed by atoms with van der Waals surface area (Å²) in [6, 6.07) is 3.45. The van der Waals surface area contributed by atoms with Gasteiger partial charge >= 0.3 is 12.1 Å². The molecule has 1 atom stereocenters. The Hall–Kier alpha value is -1.89. The Morgan fingerprint density at radius 1 is 1.40 bits per heavy atom. The van der Waals surface area contributed by atoms with Crippen LogP contribution in [0.2, 0.25) is 0 Å². The highest BCUT2D eigenvalue weighted by atomic mass is 19.4. The van der Waals surface area contributed by atoms with Gasteiger partial charge in [-0.05, 0) is 42.3 Å². The lowest BCUT2D eigenvalue weighted by Crippen LogP contribution is -2.28. The Labute approximate surface area is 112 Å². The summed E-state index contributed by atoms with van der Waals surface area (Å²) in [5, 5.41) is 8.45. The van der Waals surface area contributed by atoms with Crippen molar-refractivity contribution < 1.29 is 32.2 Å². The number of hydrogen-bond donors (Lipinski definition) is 1. The summed E-state index contributed by atoms with van der Waals surface area (Å²) in [7, 11) is 0. The molecular weight excluding hydrogens is 280 g/mol. The number of carboxylic acids is 1. The minimum atomic E-state index is -4.49. The first kappa shape index (κ1) is 16.2. The lowest BCUT2D eigenvalue weighted by atomic mass is 10.1. The van der Waals surface area contributed by atoms with Crippen molar-refractivity contribution in [3.8, 4) is 0 Å². The van der Waals surface area contributed by atoms with Crippen LogP contribution in [0.5, 0.6) is 0 Å². The molecule has 1 N–H and O–H groups in total. The lowest BCUT2D eigenvalue weighted by Gasteiger charge is -2.16. The van der Waals surface area contributed by atoms with Gasteiger partial charge in [0.15, 0.2) is 6.10 Å². The maximum Gasteiger partial charge on any atom is 0.414 e. The van der Waals surface area contributed by atoms with E-state index in [4.69, 9.17) is 5.11 Å². The fourth-order valence-electron chi connectivity index (χ4n) is 1.34. The summed E-state index contributed by atoms with van der Waals surface area (Å²) in [5.74, 6) is -1.89. The Kier molecular flexibility index (Phi) is 5.26. The third-order valence-corrected chi connectivity index (χ3v) is 2.36. The van der Waals surface area contributed by atoms with E-state index in [1.54, 1.807) is 0 Å². The summed E-state index contributed by atoms with van der Waals surface area (Å²) in [6.07, 6.45) is -4.51. The normalized spacial score (nSPS) is 13.7. The van der Waals surface area contributed by atoms with E-state index in [9.17, 15) is 22.4 Å². The van der Waals surface area contributed by atoms with Crippen LogP contribution in [0.15, 0.2) is 24.3 Å². The summed E-state index contributed by atoms with van der Waals surface area (Å²) in [6.45, 7) is 0.427. The molecule has 0 aromatic heterocycles. The van der Waals surface area contributed by atoms with E-state index in [2.05, 4.69) is 4.74 Å². The second kappa shape index (κ2) is 6.51. The van der Waals surface area contributed by atoms with Gasteiger partial charge in [0, 0.05) is 6.08 Å². The maximum absolute atomic E-state index is 13.3. The molecule has 0 saturated carbocycles. The molecule has 0 aliphatic rings. The highest BCUT2D eigenvalue weighted by Gasteiger charge is 2.36. The van der Waals surface area contributed by atoms with Gasteiger partial charge in [-0.25, -0.2) is 9.18 Å². The predicted octanol–water partition coefficient (Wildman–Crippen LogP) is 3.39. The summed E-state index contributed by atoms with van der Waals surface area (Å²) in [4.78, 5) is 10.3. The van der Waals surface area contributed by atoms with Crippen LogP contribution in [0.25, 0.3) is 6.08 Å². The average molecular weight is 292 g/mol. The van der Waals surface area contributed by atoms with Crippen molar-refractivity contribution in [2.75, 3.05) is 0 Å².